The first kappa shape index (κ1) is 12.7. The van der Waals surface area contributed by atoms with Crippen LogP contribution in [0.4, 0.5) is 0 Å². The van der Waals surface area contributed by atoms with Crippen molar-refractivity contribution in [1.29, 1.82) is 0 Å². The van der Waals surface area contributed by atoms with Crippen molar-refractivity contribution in [3.05, 3.63) is 28.3 Å². The van der Waals surface area contributed by atoms with E-state index in [-0.39, 0.29) is 11.2 Å². The minimum absolute atomic E-state index is 0.0566. The molecule has 1 aliphatic rings. The standard InChI is InChI=1S/C14H20ClNO/c1-2-10-7-11(13(17)12(15)8-10)14(9-16)5-3-4-6-14/h7-8,17H,2-6,9,16H2,1H3. The average Bonchev–Trinajstić information content (AvgIpc) is 2.82. The molecule has 1 aliphatic carbocycles. The molecule has 0 unspecified atom stereocenters. The molecule has 94 valence electrons. The first-order valence-electron chi connectivity index (χ1n) is 6.35. The summed E-state index contributed by atoms with van der Waals surface area (Å²) in [5, 5.41) is 10.6. The minimum atomic E-state index is -0.0566. The minimum Gasteiger partial charge on any atom is -0.506 e. The number of rotatable bonds is 3. The molecule has 0 saturated heterocycles. The van der Waals surface area contributed by atoms with Crippen LogP contribution in [0.25, 0.3) is 0 Å². The first-order valence-corrected chi connectivity index (χ1v) is 6.72. The Morgan fingerprint density at radius 2 is 2.00 bits per heavy atom. The number of halogens is 1. The predicted molar refractivity (Wildman–Crippen MR) is 71.7 cm³/mol. The van der Waals surface area contributed by atoms with Crippen LogP contribution in [0, 0.1) is 0 Å². The molecule has 0 amide bonds. The highest BCUT2D eigenvalue weighted by molar-refractivity contribution is 6.32. The summed E-state index contributed by atoms with van der Waals surface area (Å²) in [6.45, 7) is 2.68. The summed E-state index contributed by atoms with van der Waals surface area (Å²) in [6.07, 6.45) is 5.41. The van der Waals surface area contributed by atoms with Crippen LogP contribution in [-0.2, 0) is 11.8 Å². The van der Waals surface area contributed by atoms with Crippen molar-refractivity contribution >= 4 is 11.6 Å². The van der Waals surface area contributed by atoms with Gasteiger partial charge in [-0.3, -0.25) is 0 Å². The molecular formula is C14H20ClNO. The Hall–Kier alpha value is -0.730. The molecule has 0 aliphatic heterocycles. The molecule has 0 spiro atoms. The molecule has 2 rings (SSSR count). The van der Waals surface area contributed by atoms with Crippen LogP contribution >= 0.6 is 11.6 Å². The molecule has 3 heteroatoms. The molecule has 0 aromatic heterocycles. The van der Waals surface area contributed by atoms with Gasteiger partial charge in [0, 0.05) is 17.5 Å². The summed E-state index contributed by atoms with van der Waals surface area (Å²) < 4.78 is 0. The van der Waals surface area contributed by atoms with Crippen LogP contribution in [0.2, 0.25) is 5.02 Å². The van der Waals surface area contributed by atoms with Gasteiger partial charge in [-0.15, -0.1) is 0 Å². The van der Waals surface area contributed by atoms with Crippen molar-refractivity contribution in [2.24, 2.45) is 5.73 Å². The third-order valence-corrected chi connectivity index (χ3v) is 4.34. The second-order valence-electron chi connectivity index (χ2n) is 5.02. The predicted octanol–water partition coefficient (Wildman–Crippen LogP) is 3.38. The van der Waals surface area contributed by atoms with E-state index in [2.05, 4.69) is 13.0 Å². The Morgan fingerprint density at radius 3 is 2.53 bits per heavy atom. The Bertz CT molecular complexity index is 411. The van der Waals surface area contributed by atoms with Crippen molar-refractivity contribution < 1.29 is 5.11 Å². The fourth-order valence-corrected chi connectivity index (χ4v) is 3.14. The number of phenols is 1. The monoisotopic (exact) mass is 253 g/mol. The molecule has 0 radical (unpaired) electrons. The molecule has 0 heterocycles. The van der Waals surface area contributed by atoms with Crippen molar-refractivity contribution in [2.75, 3.05) is 6.54 Å². The molecule has 17 heavy (non-hydrogen) atoms. The fraction of sp³-hybridized carbons (Fsp3) is 0.571. The fourth-order valence-electron chi connectivity index (χ4n) is 2.90. The third-order valence-electron chi connectivity index (χ3n) is 4.05. The van der Waals surface area contributed by atoms with E-state index in [0.29, 0.717) is 11.6 Å². The number of phenolic OH excluding ortho intramolecular Hbond substituents is 1. The van der Waals surface area contributed by atoms with E-state index in [0.717, 1.165) is 24.8 Å². The quantitative estimate of drug-likeness (QED) is 0.868. The van der Waals surface area contributed by atoms with E-state index in [1.807, 2.05) is 6.07 Å². The van der Waals surface area contributed by atoms with Crippen LogP contribution < -0.4 is 5.73 Å². The summed E-state index contributed by atoms with van der Waals surface area (Å²) in [4.78, 5) is 0. The highest BCUT2D eigenvalue weighted by Crippen LogP contribution is 2.46. The van der Waals surface area contributed by atoms with Gasteiger partial charge in [0.05, 0.1) is 5.02 Å². The van der Waals surface area contributed by atoms with Gasteiger partial charge in [0.2, 0.25) is 0 Å². The van der Waals surface area contributed by atoms with E-state index in [9.17, 15) is 5.11 Å². The Balaban J connectivity index is 2.52. The number of benzene rings is 1. The highest BCUT2D eigenvalue weighted by Gasteiger charge is 2.37. The number of aromatic hydroxyl groups is 1. The number of hydrogen-bond acceptors (Lipinski definition) is 2. The Kier molecular flexibility index (Phi) is 3.64. The molecule has 3 N–H and O–H groups in total. The van der Waals surface area contributed by atoms with Crippen molar-refractivity contribution in [3.63, 3.8) is 0 Å². The second-order valence-corrected chi connectivity index (χ2v) is 5.43. The van der Waals surface area contributed by atoms with E-state index in [4.69, 9.17) is 17.3 Å². The summed E-state index contributed by atoms with van der Waals surface area (Å²) in [5.41, 5.74) is 8.03. The van der Waals surface area contributed by atoms with Crippen LogP contribution in [0.5, 0.6) is 5.75 Å². The summed E-state index contributed by atoms with van der Waals surface area (Å²) in [6, 6.07) is 3.93. The smallest absolute Gasteiger partial charge is 0.137 e. The van der Waals surface area contributed by atoms with Gasteiger partial charge < -0.3 is 10.8 Å². The van der Waals surface area contributed by atoms with E-state index < -0.39 is 0 Å². The maximum Gasteiger partial charge on any atom is 0.137 e. The molecule has 1 saturated carbocycles. The number of aryl methyl sites for hydroxylation is 1. The van der Waals surface area contributed by atoms with Gasteiger partial charge in [-0.2, -0.15) is 0 Å². The van der Waals surface area contributed by atoms with Gasteiger partial charge in [-0.05, 0) is 30.9 Å². The lowest BCUT2D eigenvalue weighted by Crippen LogP contribution is -2.32. The van der Waals surface area contributed by atoms with E-state index in [1.54, 1.807) is 0 Å². The lowest BCUT2D eigenvalue weighted by atomic mass is 9.78. The average molecular weight is 254 g/mol. The summed E-state index contributed by atoms with van der Waals surface area (Å²) >= 11 is 6.10. The van der Waals surface area contributed by atoms with Crippen molar-refractivity contribution in [1.82, 2.24) is 0 Å². The molecular weight excluding hydrogens is 234 g/mol. The molecule has 1 aromatic rings. The van der Waals surface area contributed by atoms with Gasteiger partial charge in [0.15, 0.2) is 0 Å². The Labute approximate surface area is 108 Å². The molecule has 1 fully saturated rings. The lowest BCUT2D eigenvalue weighted by Gasteiger charge is -2.29. The van der Waals surface area contributed by atoms with Gasteiger partial charge >= 0.3 is 0 Å². The first-order chi connectivity index (χ1) is 8.13. The topological polar surface area (TPSA) is 46.2 Å². The highest BCUT2D eigenvalue weighted by atomic mass is 35.5. The van der Waals surface area contributed by atoms with Crippen LogP contribution in [0.15, 0.2) is 12.1 Å². The zero-order valence-electron chi connectivity index (χ0n) is 10.3. The van der Waals surface area contributed by atoms with Crippen molar-refractivity contribution in [3.8, 4) is 5.75 Å². The molecule has 0 bridgehead atoms. The number of nitrogens with two attached hydrogens (primary N) is 1. The third kappa shape index (κ3) is 2.16. The normalized spacial score (nSPS) is 18.5. The van der Waals surface area contributed by atoms with E-state index in [1.165, 1.54) is 18.4 Å². The van der Waals surface area contributed by atoms with Gasteiger partial charge in [0.25, 0.3) is 0 Å². The summed E-state index contributed by atoms with van der Waals surface area (Å²) in [7, 11) is 0. The number of hydrogen-bond donors (Lipinski definition) is 2. The van der Waals surface area contributed by atoms with Crippen LogP contribution in [0.3, 0.4) is 0 Å². The lowest BCUT2D eigenvalue weighted by molar-refractivity contribution is 0.405. The molecule has 2 nitrogen and oxygen atoms in total. The van der Waals surface area contributed by atoms with Gasteiger partial charge in [-0.25, -0.2) is 0 Å². The summed E-state index contributed by atoms with van der Waals surface area (Å²) in [5.74, 6) is 0.233. The van der Waals surface area contributed by atoms with Crippen LogP contribution in [-0.4, -0.2) is 11.7 Å². The van der Waals surface area contributed by atoms with Gasteiger partial charge in [0.1, 0.15) is 5.75 Å². The molecule has 1 aromatic carbocycles. The SMILES string of the molecule is CCc1cc(Cl)c(O)c(C2(CN)CCCC2)c1. The maximum absolute atomic E-state index is 10.2. The molecule has 0 atom stereocenters. The van der Waals surface area contributed by atoms with E-state index >= 15 is 0 Å². The second kappa shape index (κ2) is 4.87. The van der Waals surface area contributed by atoms with Crippen molar-refractivity contribution in [2.45, 2.75) is 44.4 Å². The van der Waals surface area contributed by atoms with Crippen LogP contribution in [0.1, 0.15) is 43.7 Å². The zero-order valence-corrected chi connectivity index (χ0v) is 11.1. The maximum atomic E-state index is 10.2. The Morgan fingerprint density at radius 1 is 1.35 bits per heavy atom. The largest absolute Gasteiger partial charge is 0.506 e. The van der Waals surface area contributed by atoms with Gasteiger partial charge in [-0.1, -0.05) is 37.4 Å². The zero-order chi connectivity index (χ0) is 12.5.